The summed E-state index contributed by atoms with van der Waals surface area (Å²) in [5.41, 5.74) is -0.124. The van der Waals surface area contributed by atoms with Gasteiger partial charge in [-0.15, -0.1) is 0 Å². The Morgan fingerprint density at radius 2 is 2.07 bits per heavy atom. The van der Waals surface area contributed by atoms with Gasteiger partial charge in [-0.2, -0.15) is 4.37 Å². The fourth-order valence-electron chi connectivity index (χ4n) is 0.755. The molecule has 0 saturated carbocycles. The van der Waals surface area contributed by atoms with Crippen molar-refractivity contribution >= 4 is 17.5 Å². The third kappa shape index (κ3) is 4.04. The molecule has 0 aliphatic heterocycles. The maximum atomic E-state index is 10.3. The second-order valence-electron chi connectivity index (χ2n) is 3.81. The molecule has 1 aromatic heterocycles. The summed E-state index contributed by atoms with van der Waals surface area (Å²) in [6.45, 7) is 5.95. The average molecular weight is 222 g/mol. The van der Waals surface area contributed by atoms with Crippen LogP contribution in [-0.2, 0) is 16.6 Å². The molecule has 0 bridgehead atoms. The van der Waals surface area contributed by atoms with Crippen LogP contribution in [0.15, 0.2) is 0 Å². The molecule has 0 amide bonds. The first-order valence-corrected chi connectivity index (χ1v) is 4.70. The molecule has 0 atom stereocenters. The van der Waals surface area contributed by atoms with Gasteiger partial charge in [0, 0.05) is 17.8 Å². The first-order valence-electron chi connectivity index (χ1n) is 3.92. The zero-order chi connectivity index (χ0) is 10.1. The minimum atomic E-state index is -1.11. The minimum absolute atomic E-state index is 0. The fraction of sp³-hybridized carbons (Fsp3) is 0.625. The fourth-order valence-corrected chi connectivity index (χ4v) is 1.57. The number of nitrogens with zero attached hydrogens (tertiary/aromatic N) is 2. The van der Waals surface area contributed by atoms with Crippen molar-refractivity contribution in [1.29, 1.82) is 0 Å². The molecule has 0 aromatic carbocycles. The monoisotopic (exact) mass is 222 g/mol. The summed E-state index contributed by atoms with van der Waals surface area (Å²) in [4.78, 5) is 14.4. The van der Waals surface area contributed by atoms with Crippen LogP contribution in [0.2, 0.25) is 0 Å². The maximum absolute atomic E-state index is 10.3. The number of carboxylic acid groups (broad SMARTS) is 1. The van der Waals surface area contributed by atoms with E-state index in [0.29, 0.717) is 10.8 Å². The van der Waals surface area contributed by atoms with Gasteiger partial charge in [0.25, 0.3) is 0 Å². The van der Waals surface area contributed by atoms with Crippen molar-refractivity contribution in [3.8, 4) is 0 Å². The van der Waals surface area contributed by atoms with E-state index >= 15 is 0 Å². The molecule has 0 fully saturated rings. The van der Waals surface area contributed by atoms with Crippen LogP contribution >= 0.6 is 11.5 Å². The van der Waals surface area contributed by atoms with E-state index in [2.05, 4.69) is 9.36 Å². The van der Waals surface area contributed by atoms with Gasteiger partial charge in [0.05, 0.1) is 0 Å². The summed E-state index contributed by atoms with van der Waals surface area (Å²) in [7, 11) is 0. The molecule has 1 aromatic rings. The summed E-state index contributed by atoms with van der Waals surface area (Å²) in [5, 5.41) is 10.8. The Morgan fingerprint density at radius 3 is 2.43 bits per heavy atom. The Morgan fingerprint density at radius 1 is 1.50 bits per heavy atom. The van der Waals surface area contributed by atoms with Crippen LogP contribution in [0.3, 0.4) is 0 Å². The zero-order valence-corrected chi connectivity index (χ0v) is 11.6. The van der Waals surface area contributed by atoms with E-state index in [4.69, 9.17) is 0 Å². The Kier molecular flexibility index (Phi) is 5.22. The van der Waals surface area contributed by atoms with Crippen molar-refractivity contribution in [2.75, 3.05) is 0 Å². The number of hydrogen-bond donors (Lipinski definition) is 0. The van der Waals surface area contributed by atoms with E-state index in [0.717, 1.165) is 11.5 Å². The molecule has 0 unspecified atom stereocenters. The largest absolute Gasteiger partial charge is 1.00 e. The number of rotatable bonds is 2. The van der Waals surface area contributed by atoms with Crippen LogP contribution in [0.1, 0.15) is 31.6 Å². The van der Waals surface area contributed by atoms with Crippen molar-refractivity contribution in [2.45, 2.75) is 32.6 Å². The Balaban J connectivity index is 0.00000169. The van der Waals surface area contributed by atoms with Gasteiger partial charge in [-0.25, -0.2) is 4.98 Å². The van der Waals surface area contributed by atoms with Gasteiger partial charge in [-0.3, -0.25) is 0 Å². The van der Waals surface area contributed by atoms with E-state index in [1.54, 1.807) is 0 Å². The molecule has 0 saturated heterocycles. The molecule has 0 radical (unpaired) electrons. The Hall–Kier alpha value is 0.0300. The summed E-state index contributed by atoms with van der Waals surface area (Å²) < 4.78 is 4.08. The third-order valence-corrected chi connectivity index (χ3v) is 2.15. The zero-order valence-electron chi connectivity index (χ0n) is 8.83. The van der Waals surface area contributed by atoms with E-state index < -0.39 is 5.97 Å². The topological polar surface area (TPSA) is 65.9 Å². The molecule has 72 valence electrons. The van der Waals surface area contributed by atoms with E-state index in [-0.39, 0.29) is 41.4 Å². The van der Waals surface area contributed by atoms with Gasteiger partial charge in [0.2, 0.25) is 0 Å². The van der Waals surface area contributed by atoms with Crippen molar-refractivity contribution in [3.05, 3.63) is 10.8 Å². The molecule has 0 N–H and O–H groups in total. The van der Waals surface area contributed by atoms with Gasteiger partial charge in [0.1, 0.15) is 10.8 Å². The number of carbonyl (C=O) groups excluding carboxylic acids is 1. The molecule has 0 aliphatic rings. The van der Waals surface area contributed by atoms with Gasteiger partial charge in [-0.1, -0.05) is 20.8 Å². The molecule has 1 rings (SSSR count). The Labute approximate surface area is 109 Å². The third-order valence-electron chi connectivity index (χ3n) is 1.43. The first-order chi connectivity index (χ1) is 5.89. The van der Waals surface area contributed by atoms with Crippen LogP contribution < -0.4 is 34.7 Å². The standard InChI is InChI=1S/C8H12N2O2S.Na/c1-8(2,3)7-9-5(13-10-7)4-6(11)12;/h4H2,1-3H3,(H,11,12);/q;+1/p-1. The van der Waals surface area contributed by atoms with E-state index in [1.165, 1.54) is 0 Å². The summed E-state index contributed by atoms with van der Waals surface area (Å²) in [6, 6.07) is 0. The maximum Gasteiger partial charge on any atom is 1.00 e. The van der Waals surface area contributed by atoms with Crippen molar-refractivity contribution in [2.24, 2.45) is 0 Å². The molecule has 0 aliphatic carbocycles. The summed E-state index contributed by atoms with van der Waals surface area (Å²) in [6.07, 6.45) is -0.145. The molecular formula is C8H11N2NaO2S. The molecule has 14 heavy (non-hydrogen) atoms. The van der Waals surface area contributed by atoms with Crippen LogP contribution in [0.25, 0.3) is 0 Å². The van der Waals surface area contributed by atoms with Crippen molar-refractivity contribution in [1.82, 2.24) is 9.36 Å². The normalized spacial score (nSPS) is 10.8. The summed E-state index contributed by atoms with van der Waals surface area (Å²) >= 11 is 1.12. The smallest absolute Gasteiger partial charge is 0.550 e. The van der Waals surface area contributed by atoms with E-state index in [9.17, 15) is 9.90 Å². The van der Waals surface area contributed by atoms with Crippen LogP contribution in [0, 0.1) is 0 Å². The van der Waals surface area contributed by atoms with E-state index in [1.807, 2.05) is 20.8 Å². The molecule has 1 heterocycles. The molecule has 6 heteroatoms. The SMILES string of the molecule is CC(C)(C)c1nsc(CC(=O)[O-])n1.[Na+]. The van der Waals surface area contributed by atoms with Gasteiger partial charge >= 0.3 is 29.6 Å². The summed E-state index contributed by atoms with van der Waals surface area (Å²) in [5.74, 6) is -0.426. The Bertz CT molecular complexity index is 319. The predicted octanol–water partition coefficient (Wildman–Crippen LogP) is -2.87. The van der Waals surface area contributed by atoms with Gasteiger partial charge in [-0.05, 0) is 11.5 Å². The number of aromatic nitrogens is 2. The predicted molar refractivity (Wildman–Crippen MR) is 47.3 cm³/mol. The van der Waals surface area contributed by atoms with Crippen molar-refractivity contribution in [3.63, 3.8) is 0 Å². The molecule has 4 nitrogen and oxygen atoms in total. The van der Waals surface area contributed by atoms with Gasteiger partial charge < -0.3 is 9.90 Å². The van der Waals surface area contributed by atoms with Crippen molar-refractivity contribution < 1.29 is 39.5 Å². The van der Waals surface area contributed by atoms with Crippen LogP contribution in [0.5, 0.6) is 0 Å². The first kappa shape index (κ1) is 14.0. The second kappa shape index (κ2) is 5.21. The molecule has 0 spiro atoms. The van der Waals surface area contributed by atoms with Crippen LogP contribution in [-0.4, -0.2) is 15.3 Å². The number of carbonyl (C=O) groups is 1. The number of carboxylic acids is 1. The van der Waals surface area contributed by atoms with Gasteiger partial charge in [0.15, 0.2) is 0 Å². The van der Waals surface area contributed by atoms with Crippen LogP contribution in [0.4, 0.5) is 0 Å². The number of aliphatic carboxylic acids is 1. The second-order valence-corrected chi connectivity index (χ2v) is 4.65. The molecular weight excluding hydrogens is 211 g/mol. The minimum Gasteiger partial charge on any atom is -0.550 e. The quantitative estimate of drug-likeness (QED) is 0.505. The number of hydrogen-bond acceptors (Lipinski definition) is 5. The average Bonchev–Trinajstić information content (AvgIpc) is 2.32.